The molecule has 0 aromatic heterocycles. The van der Waals surface area contributed by atoms with Gasteiger partial charge in [0.15, 0.2) is 0 Å². The number of aryl methyl sites for hydroxylation is 2. The summed E-state index contributed by atoms with van der Waals surface area (Å²) >= 11 is 0. The van der Waals surface area contributed by atoms with E-state index in [1.807, 2.05) is 19.9 Å². The van der Waals surface area contributed by atoms with Crippen LogP contribution in [0.4, 0.5) is 11.4 Å². The van der Waals surface area contributed by atoms with Gasteiger partial charge in [0.25, 0.3) is 10.0 Å². The molecule has 0 saturated heterocycles. The van der Waals surface area contributed by atoms with Crippen molar-refractivity contribution in [2.75, 3.05) is 10.0 Å². The first-order valence-electron chi connectivity index (χ1n) is 11.2. The van der Waals surface area contributed by atoms with E-state index in [2.05, 4.69) is 10.0 Å². The molecule has 2 aromatic rings. The maximum atomic E-state index is 13.4. The van der Waals surface area contributed by atoms with Crippen LogP contribution in [-0.4, -0.2) is 14.3 Å². The number of carbonyl (C=O) groups is 1. The molecular formula is C25H30N2O3S. The molecule has 5 nitrogen and oxygen atoms in total. The molecule has 164 valence electrons. The largest absolute Gasteiger partial charge is 0.325 e. The Morgan fingerprint density at radius 1 is 0.903 bits per heavy atom. The highest BCUT2D eigenvalue weighted by Crippen LogP contribution is 2.60. The summed E-state index contributed by atoms with van der Waals surface area (Å²) < 4.78 is 28.2. The molecule has 2 aromatic carbocycles. The van der Waals surface area contributed by atoms with E-state index < -0.39 is 10.0 Å². The van der Waals surface area contributed by atoms with Gasteiger partial charge in [-0.25, -0.2) is 8.42 Å². The van der Waals surface area contributed by atoms with Crippen LogP contribution in [0.3, 0.4) is 0 Å². The van der Waals surface area contributed by atoms with Crippen molar-refractivity contribution in [3.05, 3.63) is 53.6 Å². The lowest BCUT2D eigenvalue weighted by Gasteiger charge is -2.55. The van der Waals surface area contributed by atoms with Gasteiger partial charge in [0.1, 0.15) is 0 Å². The Morgan fingerprint density at radius 2 is 1.48 bits per heavy atom. The minimum atomic E-state index is -3.69. The number of rotatable bonds is 5. The lowest BCUT2D eigenvalue weighted by molar-refractivity contribution is -0.140. The zero-order valence-corrected chi connectivity index (χ0v) is 19.0. The van der Waals surface area contributed by atoms with E-state index in [0.717, 1.165) is 30.4 Å². The first kappa shape index (κ1) is 20.6. The third-order valence-electron chi connectivity index (χ3n) is 7.59. The van der Waals surface area contributed by atoms with Gasteiger partial charge in [-0.1, -0.05) is 23.8 Å². The van der Waals surface area contributed by atoms with Crippen LogP contribution < -0.4 is 10.0 Å². The fraction of sp³-hybridized carbons (Fsp3) is 0.480. The Balaban J connectivity index is 1.35. The van der Waals surface area contributed by atoms with Gasteiger partial charge in [0.2, 0.25) is 5.91 Å². The van der Waals surface area contributed by atoms with Crippen molar-refractivity contribution in [2.45, 2.75) is 57.3 Å². The quantitative estimate of drug-likeness (QED) is 0.669. The Hall–Kier alpha value is -2.34. The SMILES string of the molecule is Cc1ccc(S(=O)(=O)Nc2ccc(C)c(NC(=O)C34CC5CC(CC(C5)C3)C4)c2)cc1. The van der Waals surface area contributed by atoms with Crippen LogP contribution in [0.15, 0.2) is 47.4 Å². The summed E-state index contributed by atoms with van der Waals surface area (Å²) in [7, 11) is -3.69. The molecule has 0 unspecified atom stereocenters. The summed E-state index contributed by atoms with van der Waals surface area (Å²) in [6.45, 7) is 3.86. The maximum Gasteiger partial charge on any atom is 0.261 e. The second-order valence-electron chi connectivity index (χ2n) is 10.1. The number of nitrogens with one attached hydrogen (secondary N) is 2. The third-order valence-corrected chi connectivity index (χ3v) is 8.99. The second kappa shape index (κ2) is 7.37. The number of anilines is 2. The van der Waals surface area contributed by atoms with Crippen LogP contribution >= 0.6 is 0 Å². The van der Waals surface area contributed by atoms with Crippen LogP contribution in [0.2, 0.25) is 0 Å². The molecule has 4 aliphatic carbocycles. The summed E-state index contributed by atoms with van der Waals surface area (Å²) in [6, 6.07) is 12.1. The molecule has 4 saturated carbocycles. The molecule has 0 radical (unpaired) electrons. The number of hydrogen-bond acceptors (Lipinski definition) is 3. The normalized spacial score (nSPS) is 29.0. The van der Waals surface area contributed by atoms with Gasteiger partial charge in [-0.2, -0.15) is 0 Å². The van der Waals surface area contributed by atoms with Crippen molar-refractivity contribution in [3.63, 3.8) is 0 Å². The minimum absolute atomic E-state index is 0.119. The van der Waals surface area contributed by atoms with Crippen molar-refractivity contribution in [1.29, 1.82) is 0 Å². The standard InChI is InChI=1S/C25H30N2O3S/c1-16-3-7-22(8-4-16)31(29,30)27-21-6-5-17(2)23(12-21)26-24(28)25-13-18-9-19(14-25)11-20(10-18)15-25/h3-8,12,18-20,27H,9-11,13-15H2,1-2H3,(H,26,28). The Labute approximate surface area is 184 Å². The Bertz CT molecular complexity index is 1090. The van der Waals surface area contributed by atoms with Crippen LogP contribution in [0.25, 0.3) is 0 Å². The van der Waals surface area contributed by atoms with Gasteiger partial charge < -0.3 is 5.32 Å². The number of hydrogen-bond donors (Lipinski definition) is 2. The molecule has 6 rings (SSSR count). The van der Waals surface area contributed by atoms with Crippen molar-refractivity contribution in [2.24, 2.45) is 23.2 Å². The Morgan fingerprint density at radius 3 is 2.06 bits per heavy atom. The lowest BCUT2D eigenvalue weighted by Crippen LogP contribution is -2.51. The van der Waals surface area contributed by atoms with Crippen molar-refractivity contribution >= 4 is 27.3 Å². The highest BCUT2D eigenvalue weighted by molar-refractivity contribution is 7.92. The van der Waals surface area contributed by atoms with Gasteiger partial charge in [0, 0.05) is 5.69 Å². The summed E-state index contributed by atoms with van der Waals surface area (Å²) in [6.07, 6.45) is 6.89. The van der Waals surface area contributed by atoms with Crippen LogP contribution in [0.5, 0.6) is 0 Å². The van der Waals surface area contributed by atoms with Crippen molar-refractivity contribution in [3.8, 4) is 0 Å². The van der Waals surface area contributed by atoms with E-state index in [1.165, 1.54) is 19.3 Å². The van der Waals surface area contributed by atoms with Gasteiger partial charge in [0.05, 0.1) is 16.0 Å². The predicted octanol–water partition coefficient (Wildman–Crippen LogP) is 5.26. The number of benzene rings is 2. The number of sulfonamides is 1. The van der Waals surface area contributed by atoms with E-state index in [4.69, 9.17) is 0 Å². The molecule has 0 atom stereocenters. The van der Waals surface area contributed by atoms with Gasteiger partial charge in [-0.05, 0) is 100.0 Å². The van der Waals surface area contributed by atoms with E-state index in [0.29, 0.717) is 29.1 Å². The molecule has 4 fully saturated rings. The van der Waals surface area contributed by atoms with Crippen molar-refractivity contribution in [1.82, 2.24) is 0 Å². The van der Waals surface area contributed by atoms with Crippen LogP contribution in [0.1, 0.15) is 49.7 Å². The van der Waals surface area contributed by atoms with Crippen LogP contribution in [-0.2, 0) is 14.8 Å². The molecule has 0 heterocycles. The zero-order chi connectivity index (χ0) is 21.8. The molecule has 6 heteroatoms. The van der Waals surface area contributed by atoms with E-state index in [-0.39, 0.29) is 16.2 Å². The average molecular weight is 439 g/mol. The maximum absolute atomic E-state index is 13.4. The molecule has 0 spiro atoms. The fourth-order valence-corrected chi connectivity index (χ4v) is 7.44. The molecule has 4 aliphatic rings. The summed E-state index contributed by atoms with van der Waals surface area (Å²) in [5, 5.41) is 3.17. The Kier molecular flexibility index (Phi) is 4.88. The molecular weight excluding hydrogens is 408 g/mol. The molecule has 1 amide bonds. The van der Waals surface area contributed by atoms with E-state index >= 15 is 0 Å². The zero-order valence-electron chi connectivity index (χ0n) is 18.1. The lowest BCUT2D eigenvalue weighted by atomic mass is 9.49. The topological polar surface area (TPSA) is 75.3 Å². The number of amides is 1. The summed E-state index contributed by atoms with van der Waals surface area (Å²) in [5.74, 6) is 2.22. The highest BCUT2D eigenvalue weighted by atomic mass is 32.2. The molecule has 4 bridgehead atoms. The van der Waals surface area contributed by atoms with Crippen molar-refractivity contribution < 1.29 is 13.2 Å². The molecule has 2 N–H and O–H groups in total. The highest BCUT2D eigenvalue weighted by Gasteiger charge is 2.54. The predicted molar refractivity (Wildman–Crippen MR) is 122 cm³/mol. The first-order chi connectivity index (χ1) is 14.7. The summed E-state index contributed by atoms with van der Waals surface area (Å²) in [4.78, 5) is 13.6. The fourth-order valence-electron chi connectivity index (χ4n) is 6.40. The molecule has 31 heavy (non-hydrogen) atoms. The van der Waals surface area contributed by atoms with Gasteiger partial charge in [-0.3, -0.25) is 9.52 Å². The average Bonchev–Trinajstić information content (AvgIpc) is 2.69. The van der Waals surface area contributed by atoms with Gasteiger partial charge >= 0.3 is 0 Å². The summed E-state index contributed by atoms with van der Waals surface area (Å²) in [5.41, 5.74) is 2.83. The van der Waals surface area contributed by atoms with Crippen LogP contribution in [0, 0.1) is 37.0 Å². The number of carbonyl (C=O) groups excluding carboxylic acids is 1. The minimum Gasteiger partial charge on any atom is -0.325 e. The first-order valence-corrected chi connectivity index (χ1v) is 12.7. The molecule has 0 aliphatic heterocycles. The third kappa shape index (κ3) is 3.86. The van der Waals surface area contributed by atoms with E-state index in [1.54, 1.807) is 36.4 Å². The smallest absolute Gasteiger partial charge is 0.261 e. The van der Waals surface area contributed by atoms with E-state index in [9.17, 15) is 13.2 Å². The van der Waals surface area contributed by atoms with Gasteiger partial charge in [-0.15, -0.1) is 0 Å². The monoisotopic (exact) mass is 438 g/mol. The second-order valence-corrected chi connectivity index (χ2v) is 11.8.